The predicted molar refractivity (Wildman–Crippen MR) is 75.0 cm³/mol. The van der Waals surface area contributed by atoms with Crippen LogP contribution in [0, 0.1) is 0 Å². The van der Waals surface area contributed by atoms with Crippen LogP contribution in [0.2, 0.25) is 0 Å². The van der Waals surface area contributed by atoms with Crippen LogP contribution in [-0.2, 0) is 10.0 Å². The lowest BCUT2D eigenvalue weighted by atomic mass is 10.2. The largest absolute Gasteiger partial charge is 0.497 e. The Balaban J connectivity index is 2.40. The number of ether oxygens (including phenoxy) is 1. The van der Waals surface area contributed by atoms with Gasteiger partial charge in [0.1, 0.15) is 5.75 Å². The SMILES string of the molecule is COc1cccc(S(=O)(=O)Nc2cnccc2C(=O)O)c1. The number of nitrogens with one attached hydrogen (secondary N) is 1. The molecule has 0 aliphatic carbocycles. The molecule has 2 aromatic rings. The van der Waals surface area contributed by atoms with Crippen LogP contribution >= 0.6 is 0 Å². The van der Waals surface area contributed by atoms with E-state index in [0.717, 1.165) is 6.20 Å². The summed E-state index contributed by atoms with van der Waals surface area (Å²) in [6, 6.07) is 7.05. The molecule has 110 valence electrons. The maximum atomic E-state index is 12.3. The molecular formula is C13H12N2O5S. The lowest BCUT2D eigenvalue weighted by molar-refractivity contribution is 0.0698. The fourth-order valence-electron chi connectivity index (χ4n) is 1.63. The van der Waals surface area contributed by atoms with E-state index in [0.29, 0.717) is 5.75 Å². The molecule has 1 aromatic heterocycles. The van der Waals surface area contributed by atoms with Crippen molar-refractivity contribution in [1.29, 1.82) is 0 Å². The van der Waals surface area contributed by atoms with Crippen LogP contribution in [0.15, 0.2) is 47.6 Å². The monoisotopic (exact) mass is 308 g/mol. The normalized spacial score (nSPS) is 10.9. The summed E-state index contributed by atoms with van der Waals surface area (Å²) in [7, 11) is -2.52. The minimum absolute atomic E-state index is 0.0398. The maximum Gasteiger partial charge on any atom is 0.337 e. The quantitative estimate of drug-likeness (QED) is 0.869. The molecular weight excluding hydrogens is 296 g/mol. The molecule has 0 radical (unpaired) electrons. The molecule has 0 fully saturated rings. The van der Waals surface area contributed by atoms with Crippen molar-refractivity contribution in [1.82, 2.24) is 4.98 Å². The smallest absolute Gasteiger partial charge is 0.337 e. The number of nitrogens with zero attached hydrogens (tertiary/aromatic N) is 1. The van der Waals surface area contributed by atoms with E-state index in [1.807, 2.05) is 0 Å². The molecule has 0 amide bonds. The number of benzene rings is 1. The first-order valence-electron chi connectivity index (χ1n) is 5.78. The van der Waals surface area contributed by atoms with Crippen LogP contribution in [0.4, 0.5) is 5.69 Å². The number of methoxy groups -OCH3 is 1. The van der Waals surface area contributed by atoms with Gasteiger partial charge in [0.05, 0.1) is 29.5 Å². The van der Waals surface area contributed by atoms with Crippen molar-refractivity contribution in [3.05, 3.63) is 48.3 Å². The minimum atomic E-state index is -3.94. The predicted octanol–water partition coefficient (Wildman–Crippen LogP) is 1.59. The molecule has 7 nitrogen and oxygen atoms in total. The van der Waals surface area contributed by atoms with Gasteiger partial charge in [-0.25, -0.2) is 13.2 Å². The van der Waals surface area contributed by atoms with Gasteiger partial charge in [-0.05, 0) is 18.2 Å². The first-order chi connectivity index (χ1) is 9.94. The summed E-state index contributed by atoms with van der Waals surface area (Å²) < 4.78 is 31.7. The number of pyridine rings is 1. The number of carboxylic acids is 1. The summed E-state index contributed by atoms with van der Waals surface area (Å²) in [4.78, 5) is 14.7. The molecule has 0 unspecified atom stereocenters. The van der Waals surface area contributed by atoms with Gasteiger partial charge in [-0.3, -0.25) is 9.71 Å². The Morgan fingerprint density at radius 3 is 2.76 bits per heavy atom. The number of aromatic nitrogens is 1. The van der Waals surface area contributed by atoms with E-state index in [4.69, 9.17) is 9.84 Å². The van der Waals surface area contributed by atoms with Crippen LogP contribution in [0.3, 0.4) is 0 Å². The molecule has 0 spiro atoms. The number of carbonyl (C=O) groups is 1. The average Bonchev–Trinajstić information content (AvgIpc) is 2.47. The van der Waals surface area contributed by atoms with Gasteiger partial charge in [0.2, 0.25) is 0 Å². The van der Waals surface area contributed by atoms with E-state index in [9.17, 15) is 13.2 Å². The number of aromatic carboxylic acids is 1. The van der Waals surface area contributed by atoms with Gasteiger partial charge in [-0.2, -0.15) is 0 Å². The fourth-order valence-corrected chi connectivity index (χ4v) is 2.73. The van der Waals surface area contributed by atoms with Crippen LogP contribution in [0.1, 0.15) is 10.4 Å². The van der Waals surface area contributed by atoms with Crippen molar-refractivity contribution in [2.75, 3.05) is 11.8 Å². The second-order valence-corrected chi connectivity index (χ2v) is 5.69. The van der Waals surface area contributed by atoms with Crippen molar-refractivity contribution in [3.8, 4) is 5.75 Å². The Kier molecular flexibility index (Phi) is 4.08. The second kappa shape index (κ2) is 5.80. The summed E-state index contributed by atoms with van der Waals surface area (Å²) in [5, 5.41) is 9.03. The van der Waals surface area contributed by atoms with Crippen molar-refractivity contribution in [2.45, 2.75) is 4.90 Å². The molecule has 0 aliphatic rings. The van der Waals surface area contributed by atoms with Gasteiger partial charge in [0.25, 0.3) is 10.0 Å². The van der Waals surface area contributed by atoms with Crippen molar-refractivity contribution < 1.29 is 23.1 Å². The third kappa shape index (κ3) is 3.29. The van der Waals surface area contributed by atoms with Gasteiger partial charge in [-0.1, -0.05) is 6.07 Å². The second-order valence-electron chi connectivity index (χ2n) is 4.01. The van der Waals surface area contributed by atoms with Crippen LogP contribution in [0.25, 0.3) is 0 Å². The average molecular weight is 308 g/mol. The molecule has 0 aliphatic heterocycles. The Bertz CT molecular complexity index is 774. The number of hydrogen-bond donors (Lipinski definition) is 2. The molecule has 1 heterocycles. The Morgan fingerprint density at radius 2 is 2.10 bits per heavy atom. The molecule has 0 saturated heterocycles. The minimum Gasteiger partial charge on any atom is -0.497 e. The molecule has 1 aromatic carbocycles. The van der Waals surface area contributed by atoms with E-state index in [1.165, 1.54) is 37.6 Å². The van der Waals surface area contributed by atoms with E-state index in [1.54, 1.807) is 6.07 Å². The molecule has 8 heteroatoms. The van der Waals surface area contributed by atoms with E-state index in [2.05, 4.69) is 9.71 Å². The third-order valence-electron chi connectivity index (χ3n) is 2.65. The van der Waals surface area contributed by atoms with E-state index in [-0.39, 0.29) is 16.1 Å². The Hall–Kier alpha value is -2.61. The number of anilines is 1. The Morgan fingerprint density at radius 1 is 1.33 bits per heavy atom. The maximum absolute atomic E-state index is 12.3. The zero-order valence-electron chi connectivity index (χ0n) is 11.0. The first kappa shape index (κ1) is 14.8. The van der Waals surface area contributed by atoms with Crippen molar-refractivity contribution in [2.24, 2.45) is 0 Å². The molecule has 0 bridgehead atoms. The van der Waals surface area contributed by atoms with E-state index >= 15 is 0 Å². The highest BCUT2D eigenvalue weighted by Crippen LogP contribution is 2.22. The zero-order valence-corrected chi connectivity index (χ0v) is 11.8. The fraction of sp³-hybridized carbons (Fsp3) is 0.0769. The molecule has 0 saturated carbocycles. The van der Waals surface area contributed by atoms with Gasteiger partial charge >= 0.3 is 5.97 Å². The lowest BCUT2D eigenvalue weighted by Gasteiger charge is -2.10. The van der Waals surface area contributed by atoms with Crippen LogP contribution in [-0.4, -0.2) is 31.6 Å². The summed E-state index contributed by atoms with van der Waals surface area (Å²) in [6.45, 7) is 0. The lowest BCUT2D eigenvalue weighted by Crippen LogP contribution is -2.15. The van der Waals surface area contributed by atoms with Gasteiger partial charge in [-0.15, -0.1) is 0 Å². The van der Waals surface area contributed by atoms with Gasteiger partial charge in [0.15, 0.2) is 0 Å². The highest BCUT2D eigenvalue weighted by molar-refractivity contribution is 7.92. The number of carboxylic acid groups (broad SMARTS) is 1. The van der Waals surface area contributed by atoms with Crippen LogP contribution < -0.4 is 9.46 Å². The third-order valence-corrected chi connectivity index (χ3v) is 4.01. The summed E-state index contributed by atoms with van der Waals surface area (Å²) in [5.74, 6) is -0.872. The van der Waals surface area contributed by atoms with Crippen molar-refractivity contribution >= 4 is 21.7 Å². The summed E-state index contributed by atoms with van der Waals surface area (Å²) in [6.07, 6.45) is 2.41. The summed E-state index contributed by atoms with van der Waals surface area (Å²) in [5.41, 5.74) is -0.288. The highest BCUT2D eigenvalue weighted by Gasteiger charge is 2.19. The molecule has 21 heavy (non-hydrogen) atoms. The topological polar surface area (TPSA) is 106 Å². The van der Waals surface area contributed by atoms with Crippen LogP contribution in [0.5, 0.6) is 5.75 Å². The zero-order chi connectivity index (χ0) is 15.5. The Labute approximate surface area is 121 Å². The molecule has 2 N–H and O–H groups in total. The van der Waals surface area contributed by atoms with E-state index < -0.39 is 16.0 Å². The number of rotatable bonds is 5. The number of sulfonamides is 1. The van der Waals surface area contributed by atoms with Crippen molar-refractivity contribution in [3.63, 3.8) is 0 Å². The van der Waals surface area contributed by atoms with Gasteiger partial charge < -0.3 is 9.84 Å². The molecule has 2 rings (SSSR count). The standard InChI is InChI=1S/C13H12N2O5S/c1-20-9-3-2-4-10(7-9)21(18,19)15-12-8-14-6-5-11(12)13(16)17/h2-8,15H,1H3,(H,16,17). The highest BCUT2D eigenvalue weighted by atomic mass is 32.2. The number of hydrogen-bond acceptors (Lipinski definition) is 5. The van der Waals surface area contributed by atoms with Gasteiger partial charge in [0, 0.05) is 12.3 Å². The molecule has 0 atom stereocenters. The summed E-state index contributed by atoms with van der Waals surface area (Å²) >= 11 is 0. The first-order valence-corrected chi connectivity index (χ1v) is 7.26.